The third-order valence-electron chi connectivity index (χ3n) is 3.51. The van der Waals surface area contributed by atoms with Gasteiger partial charge in [-0.15, -0.1) is 0 Å². The van der Waals surface area contributed by atoms with E-state index in [0.29, 0.717) is 11.3 Å². The van der Waals surface area contributed by atoms with Gasteiger partial charge in [-0.25, -0.2) is 0 Å². The maximum Gasteiger partial charge on any atom is 0.259 e. The van der Waals surface area contributed by atoms with Crippen LogP contribution < -0.4 is 10.1 Å². The van der Waals surface area contributed by atoms with Gasteiger partial charge in [0.05, 0.1) is 11.6 Å². The number of nitrogens with zero attached hydrogens (tertiary/aromatic N) is 2. The van der Waals surface area contributed by atoms with E-state index in [1.54, 1.807) is 50.8 Å². The number of likely N-dealkylation sites (N-methyl/N-ethyl adjacent to an activating group) is 1. The van der Waals surface area contributed by atoms with Crippen molar-refractivity contribution in [2.24, 2.45) is 0 Å². The summed E-state index contributed by atoms with van der Waals surface area (Å²) >= 11 is 0. The van der Waals surface area contributed by atoms with Crippen LogP contribution in [0.1, 0.15) is 28.9 Å². The molecule has 1 aromatic heterocycles. The highest BCUT2D eigenvalue weighted by Gasteiger charge is 2.16. The Morgan fingerprint density at radius 3 is 2.62 bits per heavy atom. The van der Waals surface area contributed by atoms with Crippen molar-refractivity contribution in [1.29, 1.82) is 0 Å². The summed E-state index contributed by atoms with van der Waals surface area (Å²) < 4.78 is 5.50. The van der Waals surface area contributed by atoms with Gasteiger partial charge >= 0.3 is 0 Å². The summed E-state index contributed by atoms with van der Waals surface area (Å²) in [6, 6.07) is 10.4. The first-order valence-electron chi connectivity index (χ1n) is 7.62. The lowest BCUT2D eigenvalue weighted by Gasteiger charge is -2.16. The van der Waals surface area contributed by atoms with Crippen molar-refractivity contribution in [2.45, 2.75) is 13.0 Å². The predicted molar refractivity (Wildman–Crippen MR) is 90.7 cm³/mol. The molecular formula is C18H21N3O3. The molecule has 0 saturated carbocycles. The first kappa shape index (κ1) is 17.5. The number of nitrogens with one attached hydrogen (secondary N) is 1. The number of benzene rings is 1. The lowest BCUT2D eigenvalue weighted by molar-refractivity contribution is -0.130. The first-order valence-corrected chi connectivity index (χ1v) is 7.62. The van der Waals surface area contributed by atoms with Gasteiger partial charge in [-0.1, -0.05) is 18.2 Å². The molecule has 0 unspecified atom stereocenters. The molecule has 6 nitrogen and oxygen atoms in total. The molecule has 0 aliphatic heterocycles. The van der Waals surface area contributed by atoms with E-state index >= 15 is 0 Å². The van der Waals surface area contributed by atoms with Crippen LogP contribution in [0.25, 0.3) is 0 Å². The van der Waals surface area contributed by atoms with Crippen LogP contribution >= 0.6 is 0 Å². The minimum Gasteiger partial charge on any atom is -0.483 e. The smallest absolute Gasteiger partial charge is 0.259 e. The Balaban J connectivity index is 2.08. The average Bonchev–Trinajstić information content (AvgIpc) is 2.60. The van der Waals surface area contributed by atoms with E-state index in [4.69, 9.17) is 4.74 Å². The fourth-order valence-electron chi connectivity index (χ4n) is 2.04. The maximum atomic E-state index is 12.5. The highest BCUT2D eigenvalue weighted by molar-refractivity contribution is 5.97. The minimum absolute atomic E-state index is 0.116. The van der Waals surface area contributed by atoms with E-state index in [2.05, 4.69) is 10.3 Å². The van der Waals surface area contributed by atoms with Crippen molar-refractivity contribution in [1.82, 2.24) is 15.2 Å². The number of ether oxygens (including phenoxy) is 1. The molecule has 0 radical (unpaired) electrons. The van der Waals surface area contributed by atoms with E-state index < -0.39 is 0 Å². The highest BCUT2D eigenvalue weighted by Crippen LogP contribution is 2.19. The van der Waals surface area contributed by atoms with Crippen LogP contribution in [0.2, 0.25) is 0 Å². The summed E-state index contributed by atoms with van der Waals surface area (Å²) in [6.45, 7) is 1.77. The number of carbonyl (C=O) groups excluding carboxylic acids is 2. The maximum absolute atomic E-state index is 12.5. The Morgan fingerprint density at radius 2 is 1.96 bits per heavy atom. The first-order chi connectivity index (χ1) is 11.5. The Bertz CT molecular complexity index is 702. The number of pyridine rings is 1. The summed E-state index contributed by atoms with van der Waals surface area (Å²) in [4.78, 5) is 29.7. The van der Waals surface area contributed by atoms with Gasteiger partial charge < -0.3 is 15.0 Å². The molecule has 1 atom stereocenters. The van der Waals surface area contributed by atoms with Crippen LogP contribution in [0.4, 0.5) is 0 Å². The second kappa shape index (κ2) is 8.10. The van der Waals surface area contributed by atoms with E-state index in [0.717, 1.165) is 5.56 Å². The third-order valence-corrected chi connectivity index (χ3v) is 3.51. The molecule has 0 bridgehead atoms. The van der Waals surface area contributed by atoms with E-state index in [1.807, 2.05) is 19.1 Å². The molecule has 1 aromatic carbocycles. The molecular weight excluding hydrogens is 306 g/mol. The number of aromatic nitrogens is 1. The van der Waals surface area contributed by atoms with Gasteiger partial charge in [-0.2, -0.15) is 0 Å². The Morgan fingerprint density at radius 1 is 1.21 bits per heavy atom. The summed E-state index contributed by atoms with van der Waals surface area (Å²) in [5.74, 6) is -0.0585. The van der Waals surface area contributed by atoms with Crippen LogP contribution in [0, 0.1) is 0 Å². The number of rotatable bonds is 6. The second-order valence-electron chi connectivity index (χ2n) is 5.55. The minimum atomic E-state index is -0.265. The van der Waals surface area contributed by atoms with Crippen LogP contribution in [0.3, 0.4) is 0 Å². The van der Waals surface area contributed by atoms with Gasteiger partial charge in [-0.3, -0.25) is 14.6 Å². The summed E-state index contributed by atoms with van der Waals surface area (Å²) in [6.07, 6.45) is 3.39. The van der Waals surface area contributed by atoms with Gasteiger partial charge in [0.1, 0.15) is 5.75 Å². The van der Waals surface area contributed by atoms with Gasteiger partial charge in [-0.05, 0) is 30.7 Å². The molecule has 1 heterocycles. The Hall–Kier alpha value is -2.89. The van der Waals surface area contributed by atoms with Gasteiger partial charge in [0.25, 0.3) is 11.8 Å². The van der Waals surface area contributed by atoms with Gasteiger partial charge in [0, 0.05) is 26.5 Å². The van der Waals surface area contributed by atoms with Crippen LogP contribution in [-0.2, 0) is 4.79 Å². The third kappa shape index (κ3) is 4.55. The number of amides is 2. The van der Waals surface area contributed by atoms with Crippen molar-refractivity contribution in [3.8, 4) is 5.75 Å². The Kier molecular flexibility index (Phi) is 5.89. The lowest BCUT2D eigenvalue weighted by Crippen LogP contribution is -2.29. The van der Waals surface area contributed by atoms with Crippen molar-refractivity contribution < 1.29 is 14.3 Å². The molecule has 2 aromatic rings. The number of hydrogen-bond donors (Lipinski definition) is 1. The molecule has 24 heavy (non-hydrogen) atoms. The van der Waals surface area contributed by atoms with Crippen LogP contribution in [0.5, 0.6) is 5.75 Å². The zero-order valence-corrected chi connectivity index (χ0v) is 14.0. The zero-order valence-electron chi connectivity index (χ0n) is 14.0. The van der Waals surface area contributed by atoms with Crippen molar-refractivity contribution in [2.75, 3.05) is 20.7 Å². The van der Waals surface area contributed by atoms with E-state index in [1.165, 1.54) is 4.90 Å². The van der Waals surface area contributed by atoms with Crippen molar-refractivity contribution in [3.63, 3.8) is 0 Å². The predicted octanol–water partition coefficient (Wildman–Crippen LogP) is 2.04. The number of carbonyl (C=O) groups is 2. The standard InChI is InChI=1S/C18H21N3O3/c1-13(14-7-6-10-19-11-14)20-18(23)15-8-4-5-9-16(15)24-12-17(22)21(2)3/h4-11,13H,12H2,1-3H3,(H,20,23)/t13-/m1/s1. The number of hydrogen-bond acceptors (Lipinski definition) is 4. The summed E-state index contributed by atoms with van der Waals surface area (Å²) in [5, 5.41) is 2.91. The topological polar surface area (TPSA) is 71.5 Å². The monoisotopic (exact) mass is 327 g/mol. The molecule has 1 N–H and O–H groups in total. The second-order valence-corrected chi connectivity index (χ2v) is 5.55. The summed E-state index contributed by atoms with van der Waals surface area (Å²) in [7, 11) is 3.31. The van der Waals surface area contributed by atoms with Crippen molar-refractivity contribution >= 4 is 11.8 Å². The fourth-order valence-corrected chi connectivity index (χ4v) is 2.04. The lowest BCUT2D eigenvalue weighted by atomic mass is 10.1. The summed E-state index contributed by atoms with van der Waals surface area (Å²) in [5.41, 5.74) is 1.30. The normalized spacial score (nSPS) is 11.5. The molecule has 2 rings (SSSR count). The van der Waals surface area contributed by atoms with Gasteiger partial charge in [0.2, 0.25) is 0 Å². The quantitative estimate of drug-likeness (QED) is 0.881. The molecule has 6 heteroatoms. The molecule has 0 saturated heterocycles. The molecule has 0 spiro atoms. The van der Waals surface area contributed by atoms with E-state index in [-0.39, 0.29) is 24.5 Å². The van der Waals surface area contributed by atoms with E-state index in [9.17, 15) is 9.59 Å². The average molecular weight is 327 g/mol. The zero-order chi connectivity index (χ0) is 17.5. The highest BCUT2D eigenvalue weighted by atomic mass is 16.5. The number of para-hydroxylation sites is 1. The largest absolute Gasteiger partial charge is 0.483 e. The molecule has 126 valence electrons. The van der Waals surface area contributed by atoms with Crippen LogP contribution in [-0.4, -0.2) is 42.4 Å². The van der Waals surface area contributed by atoms with Gasteiger partial charge in [0.15, 0.2) is 6.61 Å². The molecule has 0 aliphatic rings. The van der Waals surface area contributed by atoms with Crippen LogP contribution in [0.15, 0.2) is 48.8 Å². The SMILES string of the molecule is C[C@@H](NC(=O)c1ccccc1OCC(=O)N(C)C)c1cccnc1. The molecule has 0 fully saturated rings. The Labute approximate surface area is 141 Å². The van der Waals surface area contributed by atoms with Crippen molar-refractivity contribution in [3.05, 3.63) is 59.9 Å². The molecule has 2 amide bonds. The fraction of sp³-hybridized carbons (Fsp3) is 0.278. The molecule has 0 aliphatic carbocycles.